The number of carbonyl (C=O) groups excluding carboxylic acids is 1. The minimum absolute atomic E-state index is 0.0965. The van der Waals surface area contributed by atoms with Gasteiger partial charge in [-0.3, -0.25) is 9.58 Å². The lowest BCUT2D eigenvalue weighted by atomic mass is 10.0. The van der Waals surface area contributed by atoms with Crippen molar-refractivity contribution in [1.29, 1.82) is 0 Å². The molecular formula is C22H27N5O. The van der Waals surface area contributed by atoms with Crippen LogP contribution in [0.1, 0.15) is 23.4 Å². The number of nitrogens with one attached hydrogen (secondary N) is 1. The van der Waals surface area contributed by atoms with Gasteiger partial charge in [0.2, 0.25) is 0 Å². The number of nitrogens with zero attached hydrogens (tertiary/aromatic N) is 4. The number of benzene rings is 2. The number of amides is 2. The normalized spacial score (nSPS) is 14.5. The van der Waals surface area contributed by atoms with Crippen molar-refractivity contribution < 1.29 is 4.79 Å². The molecule has 2 aromatic carbocycles. The highest BCUT2D eigenvalue weighted by molar-refractivity contribution is 5.85. The molecule has 2 heterocycles. The Balaban J connectivity index is 1.48. The molecule has 0 atom stereocenters. The van der Waals surface area contributed by atoms with Gasteiger partial charge >= 0.3 is 6.03 Å². The number of hydrogen-bond donors (Lipinski definition) is 1. The predicted octanol–water partition coefficient (Wildman–Crippen LogP) is 3.21. The van der Waals surface area contributed by atoms with Gasteiger partial charge in [-0.25, -0.2) is 4.79 Å². The monoisotopic (exact) mass is 377 g/mol. The second-order valence-electron chi connectivity index (χ2n) is 7.61. The van der Waals surface area contributed by atoms with Gasteiger partial charge < -0.3 is 10.2 Å². The summed E-state index contributed by atoms with van der Waals surface area (Å²) in [5.74, 6) is 0. The average molecular weight is 377 g/mol. The first kappa shape index (κ1) is 18.5. The van der Waals surface area contributed by atoms with Crippen molar-refractivity contribution in [1.82, 2.24) is 24.9 Å². The molecule has 1 N–H and O–H groups in total. The van der Waals surface area contributed by atoms with Crippen LogP contribution < -0.4 is 5.32 Å². The molecule has 0 radical (unpaired) electrons. The molecule has 0 fully saturated rings. The molecule has 0 unspecified atom stereocenters. The van der Waals surface area contributed by atoms with Crippen LogP contribution in [0.25, 0.3) is 10.8 Å². The molecule has 6 heteroatoms. The molecule has 4 rings (SSSR count). The molecule has 0 bridgehead atoms. The third-order valence-corrected chi connectivity index (χ3v) is 5.24. The number of carbonyl (C=O) groups is 1. The fourth-order valence-electron chi connectivity index (χ4n) is 3.80. The topological polar surface area (TPSA) is 53.4 Å². The quantitative estimate of drug-likeness (QED) is 0.760. The van der Waals surface area contributed by atoms with Gasteiger partial charge in [0.15, 0.2) is 0 Å². The van der Waals surface area contributed by atoms with E-state index in [1.54, 1.807) is 14.1 Å². The summed E-state index contributed by atoms with van der Waals surface area (Å²) in [6.45, 7) is 4.24. The van der Waals surface area contributed by atoms with Crippen LogP contribution in [0.4, 0.5) is 4.79 Å². The highest BCUT2D eigenvalue weighted by Gasteiger charge is 2.18. The molecule has 0 spiro atoms. The van der Waals surface area contributed by atoms with Gasteiger partial charge in [0.25, 0.3) is 0 Å². The van der Waals surface area contributed by atoms with E-state index in [2.05, 4.69) is 63.4 Å². The molecule has 0 saturated heterocycles. The largest absolute Gasteiger partial charge is 0.332 e. The second kappa shape index (κ2) is 8.02. The van der Waals surface area contributed by atoms with E-state index < -0.39 is 0 Å². The lowest BCUT2D eigenvalue weighted by Crippen LogP contribution is -2.34. The zero-order valence-corrected chi connectivity index (χ0v) is 16.6. The van der Waals surface area contributed by atoms with Crippen molar-refractivity contribution in [2.75, 3.05) is 20.6 Å². The molecule has 1 aromatic heterocycles. The van der Waals surface area contributed by atoms with E-state index in [0.717, 1.165) is 38.3 Å². The van der Waals surface area contributed by atoms with Crippen LogP contribution in [0.2, 0.25) is 0 Å². The van der Waals surface area contributed by atoms with E-state index in [-0.39, 0.29) is 6.03 Å². The Labute approximate surface area is 165 Å². The van der Waals surface area contributed by atoms with E-state index in [1.807, 2.05) is 0 Å². The summed E-state index contributed by atoms with van der Waals surface area (Å²) in [5.41, 5.74) is 3.49. The summed E-state index contributed by atoms with van der Waals surface area (Å²) < 4.78 is 2.10. The summed E-state index contributed by atoms with van der Waals surface area (Å²) in [4.78, 5) is 15.8. The average Bonchev–Trinajstić information content (AvgIpc) is 2.98. The van der Waals surface area contributed by atoms with Crippen molar-refractivity contribution in [3.05, 3.63) is 65.5 Å². The molecule has 1 aliphatic rings. The number of aryl methyl sites for hydroxylation is 1. The van der Waals surface area contributed by atoms with Crippen molar-refractivity contribution in [3.63, 3.8) is 0 Å². The number of fused-ring (bicyclic) bond motifs is 2. The van der Waals surface area contributed by atoms with Gasteiger partial charge in [-0.2, -0.15) is 5.10 Å². The molecule has 0 saturated carbocycles. The fraction of sp³-hybridized carbons (Fsp3) is 0.364. The smallest absolute Gasteiger partial charge is 0.317 e. The fourth-order valence-corrected chi connectivity index (χ4v) is 3.80. The van der Waals surface area contributed by atoms with Crippen molar-refractivity contribution in [3.8, 4) is 0 Å². The Morgan fingerprint density at radius 2 is 1.96 bits per heavy atom. The first-order valence-corrected chi connectivity index (χ1v) is 9.80. The molecule has 28 heavy (non-hydrogen) atoms. The molecule has 146 valence electrons. The number of rotatable bonds is 4. The van der Waals surface area contributed by atoms with Crippen molar-refractivity contribution in [2.24, 2.45) is 0 Å². The van der Waals surface area contributed by atoms with Crippen molar-refractivity contribution >= 4 is 16.8 Å². The van der Waals surface area contributed by atoms with Crippen LogP contribution in [-0.2, 0) is 26.2 Å². The Bertz CT molecular complexity index is 973. The second-order valence-corrected chi connectivity index (χ2v) is 7.61. The van der Waals surface area contributed by atoms with Crippen LogP contribution in [0.15, 0.2) is 48.5 Å². The molecule has 3 aromatic rings. The first-order chi connectivity index (χ1) is 13.6. The van der Waals surface area contributed by atoms with Gasteiger partial charge in [0.05, 0.1) is 17.9 Å². The van der Waals surface area contributed by atoms with E-state index in [4.69, 9.17) is 5.10 Å². The predicted molar refractivity (Wildman–Crippen MR) is 111 cm³/mol. The lowest BCUT2D eigenvalue weighted by Gasteiger charge is -2.20. The van der Waals surface area contributed by atoms with Crippen LogP contribution in [0, 0.1) is 0 Å². The summed E-state index contributed by atoms with van der Waals surface area (Å²) in [6, 6.07) is 17.1. The number of hydrogen-bond acceptors (Lipinski definition) is 3. The standard InChI is InChI=1S/C22H27N5O/c1-25(2)22(28)23-14-19-13-20-16-26(11-6-12-27(20)24-19)15-18-9-5-8-17-7-3-4-10-21(17)18/h3-5,7-10,13H,6,11-12,14-16H2,1-2H3,(H,23,28). The lowest BCUT2D eigenvalue weighted by molar-refractivity contribution is 0.217. The maximum Gasteiger partial charge on any atom is 0.317 e. The van der Waals surface area contributed by atoms with Gasteiger partial charge in [0, 0.05) is 40.3 Å². The van der Waals surface area contributed by atoms with E-state index >= 15 is 0 Å². The summed E-state index contributed by atoms with van der Waals surface area (Å²) in [7, 11) is 3.48. The van der Waals surface area contributed by atoms with Gasteiger partial charge in [-0.1, -0.05) is 42.5 Å². The van der Waals surface area contributed by atoms with Gasteiger partial charge in [-0.05, 0) is 28.8 Å². The van der Waals surface area contributed by atoms with E-state index in [9.17, 15) is 4.79 Å². The summed E-state index contributed by atoms with van der Waals surface area (Å²) >= 11 is 0. The Hall–Kier alpha value is -2.86. The molecule has 2 amide bonds. The molecular weight excluding hydrogens is 350 g/mol. The molecule has 1 aliphatic heterocycles. The molecule has 0 aliphatic carbocycles. The first-order valence-electron chi connectivity index (χ1n) is 9.80. The maximum atomic E-state index is 11.7. The zero-order valence-electron chi connectivity index (χ0n) is 16.6. The van der Waals surface area contributed by atoms with Gasteiger partial charge in [-0.15, -0.1) is 0 Å². The van der Waals surface area contributed by atoms with Crippen LogP contribution >= 0.6 is 0 Å². The summed E-state index contributed by atoms with van der Waals surface area (Å²) in [6.07, 6.45) is 1.07. The van der Waals surface area contributed by atoms with Gasteiger partial charge in [0.1, 0.15) is 0 Å². The Kier molecular flexibility index (Phi) is 5.30. The molecule has 6 nitrogen and oxygen atoms in total. The van der Waals surface area contributed by atoms with Crippen LogP contribution in [-0.4, -0.2) is 46.3 Å². The number of urea groups is 1. The van der Waals surface area contributed by atoms with Crippen molar-refractivity contribution in [2.45, 2.75) is 32.6 Å². The minimum Gasteiger partial charge on any atom is -0.332 e. The third kappa shape index (κ3) is 4.02. The van der Waals surface area contributed by atoms with Crippen LogP contribution in [0.5, 0.6) is 0 Å². The minimum atomic E-state index is -0.0965. The summed E-state index contributed by atoms with van der Waals surface area (Å²) in [5, 5.41) is 10.2. The Morgan fingerprint density at radius 3 is 2.82 bits per heavy atom. The van der Waals surface area contributed by atoms with E-state index in [1.165, 1.54) is 26.9 Å². The highest BCUT2D eigenvalue weighted by Crippen LogP contribution is 2.22. The SMILES string of the molecule is CN(C)C(=O)NCc1cc2n(n1)CCCN(Cc1cccc3ccccc13)C2. The Morgan fingerprint density at radius 1 is 1.14 bits per heavy atom. The van der Waals surface area contributed by atoms with E-state index in [0.29, 0.717) is 6.54 Å². The highest BCUT2D eigenvalue weighted by atomic mass is 16.2. The zero-order chi connectivity index (χ0) is 19.5. The number of aromatic nitrogens is 2. The third-order valence-electron chi connectivity index (χ3n) is 5.24. The maximum absolute atomic E-state index is 11.7. The van der Waals surface area contributed by atoms with Crippen LogP contribution in [0.3, 0.4) is 0 Å².